The average molecular weight is 408 g/mol. The molecular formula is C19H22ClN3O3S. The number of hydrogen-bond donors (Lipinski definition) is 1. The van der Waals surface area contributed by atoms with Crippen LogP contribution in [0, 0.1) is 0 Å². The van der Waals surface area contributed by atoms with Crippen LogP contribution in [-0.2, 0) is 27.0 Å². The fourth-order valence-corrected chi connectivity index (χ4v) is 4.80. The molecule has 1 saturated heterocycles. The molecule has 27 heavy (non-hydrogen) atoms. The van der Waals surface area contributed by atoms with Crippen molar-refractivity contribution in [3.8, 4) is 0 Å². The normalized spacial score (nSPS) is 16.2. The second kappa shape index (κ2) is 8.82. The van der Waals surface area contributed by atoms with Crippen LogP contribution in [0.3, 0.4) is 0 Å². The Balaban J connectivity index is 1.48. The van der Waals surface area contributed by atoms with Crippen LogP contribution in [0.1, 0.15) is 24.0 Å². The summed E-state index contributed by atoms with van der Waals surface area (Å²) in [7, 11) is -3.34. The fraction of sp³-hybridized carbons (Fsp3) is 0.368. The summed E-state index contributed by atoms with van der Waals surface area (Å²) in [5.74, 6) is -0.0845. The molecule has 1 aromatic heterocycles. The molecule has 1 amide bonds. The molecule has 1 N–H and O–H groups in total. The molecule has 0 aliphatic carbocycles. The number of nitrogens with zero attached hydrogens (tertiary/aromatic N) is 2. The van der Waals surface area contributed by atoms with Crippen LogP contribution >= 0.6 is 11.6 Å². The smallest absolute Gasteiger partial charge is 0.224 e. The lowest BCUT2D eigenvalue weighted by atomic mass is 10.1. The van der Waals surface area contributed by atoms with Crippen molar-refractivity contribution in [2.75, 3.05) is 13.1 Å². The summed E-state index contributed by atoms with van der Waals surface area (Å²) in [6, 6.07) is 12.6. The van der Waals surface area contributed by atoms with E-state index in [2.05, 4.69) is 10.3 Å². The predicted octanol–water partition coefficient (Wildman–Crippen LogP) is 2.39. The van der Waals surface area contributed by atoms with E-state index in [0.29, 0.717) is 31.1 Å². The first-order chi connectivity index (χ1) is 12.9. The van der Waals surface area contributed by atoms with Gasteiger partial charge in [-0.3, -0.25) is 4.79 Å². The van der Waals surface area contributed by atoms with Gasteiger partial charge in [0.05, 0.1) is 12.2 Å². The van der Waals surface area contributed by atoms with Gasteiger partial charge in [-0.25, -0.2) is 17.7 Å². The number of hydrogen-bond acceptors (Lipinski definition) is 4. The zero-order valence-corrected chi connectivity index (χ0v) is 16.4. The van der Waals surface area contributed by atoms with E-state index < -0.39 is 10.0 Å². The lowest BCUT2D eigenvalue weighted by Gasteiger charge is -2.31. The van der Waals surface area contributed by atoms with Crippen LogP contribution < -0.4 is 5.32 Å². The Hall–Kier alpha value is -1.96. The van der Waals surface area contributed by atoms with Gasteiger partial charge in [0.25, 0.3) is 0 Å². The highest BCUT2D eigenvalue weighted by Gasteiger charge is 2.28. The summed E-state index contributed by atoms with van der Waals surface area (Å²) < 4.78 is 26.7. The van der Waals surface area contributed by atoms with Gasteiger partial charge in [0.1, 0.15) is 5.15 Å². The SMILES string of the molecule is O=C(Cc1ccc(Cl)nc1)NC1CCN(S(=O)(=O)Cc2ccccc2)CC1. The minimum Gasteiger partial charge on any atom is -0.353 e. The summed E-state index contributed by atoms with van der Waals surface area (Å²) in [6.45, 7) is 0.839. The summed E-state index contributed by atoms with van der Waals surface area (Å²) in [5, 5.41) is 3.37. The van der Waals surface area contributed by atoms with Crippen molar-refractivity contribution in [2.24, 2.45) is 0 Å². The topological polar surface area (TPSA) is 79.4 Å². The largest absolute Gasteiger partial charge is 0.353 e. The van der Waals surface area contributed by atoms with Crippen LogP contribution in [0.15, 0.2) is 48.7 Å². The molecule has 2 heterocycles. The minimum absolute atomic E-state index is 0.00837. The van der Waals surface area contributed by atoms with E-state index in [-0.39, 0.29) is 24.1 Å². The molecule has 6 nitrogen and oxygen atoms in total. The Morgan fingerprint density at radius 1 is 1.11 bits per heavy atom. The van der Waals surface area contributed by atoms with Gasteiger partial charge in [-0.15, -0.1) is 0 Å². The Morgan fingerprint density at radius 2 is 1.81 bits per heavy atom. The Morgan fingerprint density at radius 3 is 2.44 bits per heavy atom. The third-order valence-electron chi connectivity index (χ3n) is 4.56. The van der Waals surface area contributed by atoms with Crippen molar-refractivity contribution < 1.29 is 13.2 Å². The highest BCUT2D eigenvalue weighted by atomic mass is 35.5. The van der Waals surface area contributed by atoms with Gasteiger partial charge >= 0.3 is 0 Å². The molecule has 1 fully saturated rings. The van der Waals surface area contributed by atoms with Gasteiger partial charge in [0.15, 0.2) is 0 Å². The van der Waals surface area contributed by atoms with E-state index in [1.807, 2.05) is 30.3 Å². The predicted molar refractivity (Wildman–Crippen MR) is 105 cm³/mol. The number of amides is 1. The van der Waals surface area contributed by atoms with Crippen molar-refractivity contribution >= 4 is 27.5 Å². The minimum atomic E-state index is -3.34. The lowest BCUT2D eigenvalue weighted by Crippen LogP contribution is -2.47. The highest BCUT2D eigenvalue weighted by Crippen LogP contribution is 2.18. The van der Waals surface area contributed by atoms with Gasteiger partial charge in [0, 0.05) is 25.3 Å². The number of carbonyl (C=O) groups is 1. The number of carbonyl (C=O) groups excluding carboxylic acids is 1. The second-order valence-corrected chi connectivity index (χ2v) is 9.00. The molecule has 0 atom stereocenters. The molecule has 2 aromatic rings. The third-order valence-corrected chi connectivity index (χ3v) is 6.63. The van der Waals surface area contributed by atoms with E-state index in [4.69, 9.17) is 11.6 Å². The molecule has 8 heteroatoms. The van der Waals surface area contributed by atoms with Crippen molar-refractivity contribution in [2.45, 2.75) is 31.1 Å². The molecule has 0 radical (unpaired) electrons. The number of aromatic nitrogens is 1. The number of nitrogens with one attached hydrogen (secondary N) is 1. The van der Waals surface area contributed by atoms with E-state index in [9.17, 15) is 13.2 Å². The van der Waals surface area contributed by atoms with Crippen LogP contribution in [0.5, 0.6) is 0 Å². The van der Waals surface area contributed by atoms with Crippen molar-refractivity contribution in [1.82, 2.24) is 14.6 Å². The maximum Gasteiger partial charge on any atom is 0.224 e. The van der Waals surface area contributed by atoms with E-state index in [0.717, 1.165) is 11.1 Å². The molecule has 1 aromatic carbocycles. The highest BCUT2D eigenvalue weighted by molar-refractivity contribution is 7.88. The maximum atomic E-state index is 12.6. The van der Waals surface area contributed by atoms with Gasteiger partial charge in [-0.05, 0) is 30.0 Å². The van der Waals surface area contributed by atoms with Crippen LogP contribution in [0.2, 0.25) is 5.15 Å². The molecule has 144 valence electrons. The average Bonchev–Trinajstić information content (AvgIpc) is 2.64. The number of piperidine rings is 1. The molecule has 0 bridgehead atoms. The summed E-state index contributed by atoms with van der Waals surface area (Å²) in [5.41, 5.74) is 1.57. The van der Waals surface area contributed by atoms with E-state index in [1.54, 1.807) is 18.3 Å². The molecule has 0 unspecified atom stereocenters. The quantitative estimate of drug-likeness (QED) is 0.745. The maximum absolute atomic E-state index is 12.6. The summed E-state index contributed by atoms with van der Waals surface area (Å²) in [4.78, 5) is 16.1. The molecule has 1 aliphatic rings. The number of halogens is 1. The standard InChI is InChI=1S/C19H22ClN3O3S/c20-18-7-6-16(13-21-18)12-19(24)22-17-8-10-23(11-9-17)27(25,26)14-15-4-2-1-3-5-15/h1-7,13,17H,8-12,14H2,(H,22,24). The van der Waals surface area contributed by atoms with Crippen molar-refractivity contribution in [1.29, 1.82) is 0 Å². The summed E-state index contributed by atoms with van der Waals surface area (Å²) in [6.07, 6.45) is 3.04. The summed E-state index contributed by atoms with van der Waals surface area (Å²) >= 11 is 5.74. The first-order valence-corrected chi connectivity index (χ1v) is 10.8. The molecule has 1 aliphatic heterocycles. The van der Waals surface area contributed by atoms with E-state index in [1.165, 1.54) is 4.31 Å². The van der Waals surface area contributed by atoms with Gasteiger partial charge in [0.2, 0.25) is 15.9 Å². The molecule has 0 spiro atoms. The molecular weight excluding hydrogens is 386 g/mol. The van der Waals surface area contributed by atoms with Gasteiger partial charge in [-0.2, -0.15) is 0 Å². The fourth-order valence-electron chi connectivity index (χ4n) is 3.13. The Kier molecular flexibility index (Phi) is 6.46. The Labute approximate surface area is 164 Å². The van der Waals surface area contributed by atoms with Gasteiger partial charge < -0.3 is 5.32 Å². The first kappa shape index (κ1) is 19.8. The zero-order chi connectivity index (χ0) is 19.3. The van der Waals surface area contributed by atoms with Crippen molar-refractivity contribution in [3.63, 3.8) is 0 Å². The van der Waals surface area contributed by atoms with Gasteiger partial charge in [-0.1, -0.05) is 48.0 Å². The van der Waals surface area contributed by atoms with Crippen LogP contribution in [-0.4, -0.2) is 42.7 Å². The first-order valence-electron chi connectivity index (χ1n) is 8.84. The third kappa shape index (κ3) is 5.76. The monoisotopic (exact) mass is 407 g/mol. The number of sulfonamides is 1. The van der Waals surface area contributed by atoms with E-state index >= 15 is 0 Å². The zero-order valence-electron chi connectivity index (χ0n) is 14.8. The Bertz CT molecular complexity index is 865. The molecule has 3 rings (SSSR count). The number of rotatable bonds is 6. The molecule has 0 saturated carbocycles. The number of pyridine rings is 1. The second-order valence-electron chi connectivity index (χ2n) is 6.65. The lowest BCUT2D eigenvalue weighted by molar-refractivity contribution is -0.121. The van der Waals surface area contributed by atoms with Crippen LogP contribution in [0.25, 0.3) is 0 Å². The van der Waals surface area contributed by atoms with Crippen LogP contribution in [0.4, 0.5) is 0 Å². The van der Waals surface area contributed by atoms with Crippen molar-refractivity contribution in [3.05, 3.63) is 64.9 Å². The number of benzene rings is 1.